The van der Waals surface area contributed by atoms with Crippen LogP contribution in [0.1, 0.15) is 5.56 Å². The Labute approximate surface area is 67.9 Å². The molecule has 0 saturated carbocycles. The molecule has 0 aliphatic heterocycles. The Morgan fingerprint density at radius 1 is 1.25 bits per heavy atom. The summed E-state index contributed by atoms with van der Waals surface area (Å²) in [6.07, 6.45) is 1.67. The highest BCUT2D eigenvalue weighted by atomic mass is 16.6. The van der Waals surface area contributed by atoms with Gasteiger partial charge in [-0.05, 0) is 17.7 Å². The molecule has 0 N–H and O–H groups in total. The standard InChI is InChI=1S/C9H6O3/c1-2-6-3-4-7-8(5-6)12-9(10)11-7/h2-5H,1H2. The van der Waals surface area contributed by atoms with Gasteiger partial charge in [-0.3, -0.25) is 0 Å². The van der Waals surface area contributed by atoms with Crippen molar-refractivity contribution in [2.45, 2.75) is 0 Å². The van der Waals surface area contributed by atoms with Crippen molar-refractivity contribution in [2.75, 3.05) is 0 Å². The van der Waals surface area contributed by atoms with Gasteiger partial charge in [-0.15, -0.1) is 0 Å². The third kappa shape index (κ3) is 0.955. The third-order valence-corrected chi connectivity index (χ3v) is 1.59. The van der Waals surface area contributed by atoms with Crippen molar-refractivity contribution in [2.24, 2.45) is 0 Å². The van der Waals surface area contributed by atoms with Crippen LogP contribution in [0.2, 0.25) is 0 Å². The first-order valence-electron chi connectivity index (χ1n) is 3.46. The molecule has 0 unspecified atom stereocenters. The lowest BCUT2D eigenvalue weighted by molar-refractivity contribution is 0.409. The lowest BCUT2D eigenvalue weighted by Gasteiger charge is -1.88. The molecule has 2 rings (SSSR count). The molecule has 12 heavy (non-hydrogen) atoms. The van der Waals surface area contributed by atoms with Gasteiger partial charge in [0.1, 0.15) is 0 Å². The summed E-state index contributed by atoms with van der Waals surface area (Å²) in [5.41, 5.74) is 1.81. The average molecular weight is 162 g/mol. The molecule has 2 aromatic rings. The van der Waals surface area contributed by atoms with E-state index in [0.29, 0.717) is 11.2 Å². The Bertz CT molecular complexity index is 476. The van der Waals surface area contributed by atoms with E-state index in [1.54, 1.807) is 24.3 Å². The SMILES string of the molecule is C=Cc1ccc2oc(=O)oc2c1. The monoisotopic (exact) mass is 162 g/mol. The molecule has 0 amide bonds. The fourth-order valence-electron chi connectivity index (χ4n) is 1.02. The van der Waals surface area contributed by atoms with E-state index in [-0.39, 0.29) is 0 Å². The van der Waals surface area contributed by atoms with Crippen molar-refractivity contribution in [3.63, 3.8) is 0 Å². The maximum Gasteiger partial charge on any atom is 0.519 e. The molecule has 0 bridgehead atoms. The van der Waals surface area contributed by atoms with Crippen LogP contribution in [0.15, 0.2) is 38.4 Å². The van der Waals surface area contributed by atoms with Crippen LogP contribution in [-0.4, -0.2) is 0 Å². The second-order valence-electron chi connectivity index (χ2n) is 2.36. The van der Waals surface area contributed by atoms with Gasteiger partial charge < -0.3 is 8.83 Å². The molecule has 1 heterocycles. The molecule has 0 aliphatic rings. The topological polar surface area (TPSA) is 43.4 Å². The maximum atomic E-state index is 10.6. The molecule has 1 aromatic carbocycles. The molecule has 0 saturated heterocycles. The highest BCUT2D eigenvalue weighted by Gasteiger charge is 2.01. The third-order valence-electron chi connectivity index (χ3n) is 1.59. The summed E-state index contributed by atoms with van der Waals surface area (Å²) >= 11 is 0. The predicted octanol–water partition coefficient (Wildman–Crippen LogP) is 2.03. The van der Waals surface area contributed by atoms with Gasteiger partial charge in [0, 0.05) is 0 Å². The van der Waals surface area contributed by atoms with E-state index in [1.165, 1.54) is 0 Å². The first kappa shape index (κ1) is 6.91. The number of hydrogen-bond donors (Lipinski definition) is 0. The first-order chi connectivity index (χ1) is 5.79. The van der Waals surface area contributed by atoms with Gasteiger partial charge in [0.25, 0.3) is 0 Å². The molecule has 0 radical (unpaired) electrons. The molecule has 60 valence electrons. The van der Waals surface area contributed by atoms with Gasteiger partial charge in [-0.2, -0.15) is 0 Å². The zero-order valence-corrected chi connectivity index (χ0v) is 6.24. The first-order valence-corrected chi connectivity index (χ1v) is 3.46. The second kappa shape index (κ2) is 2.37. The fraction of sp³-hybridized carbons (Fsp3) is 0. The van der Waals surface area contributed by atoms with Crippen LogP contribution >= 0.6 is 0 Å². The molecular weight excluding hydrogens is 156 g/mol. The second-order valence-corrected chi connectivity index (χ2v) is 2.36. The van der Waals surface area contributed by atoms with E-state index >= 15 is 0 Å². The summed E-state index contributed by atoms with van der Waals surface area (Å²) in [7, 11) is 0. The maximum absolute atomic E-state index is 10.6. The van der Waals surface area contributed by atoms with Crippen molar-refractivity contribution >= 4 is 17.2 Å². The Morgan fingerprint density at radius 2 is 2.00 bits per heavy atom. The van der Waals surface area contributed by atoms with Gasteiger partial charge >= 0.3 is 5.82 Å². The van der Waals surface area contributed by atoms with Crippen LogP contribution in [0.5, 0.6) is 0 Å². The minimum atomic E-state index is -0.675. The summed E-state index contributed by atoms with van der Waals surface area (Å²) in [6, 6.07) is 5.18. The molecule has 0 spiro atoms. The summed E-state index contributed by atoms with van der Waals surface area (Å²) in [4.78, 5) is 10.6. The summed E-state index contributed by atoms with van der Waals surface area (Å²) in [5, 5.41) is 0. The van der Waals surface area contributed by atoms with E-state index in [1.807, 2.05) is 0 Å². The average Bonchev–Trinajstić information content (AvgIpc) is 2.43. The quantitative estimate of drug-likeness (QED) is 0.644. The van der Waals surface area contributed by atoms with E-state index in [4.69, 9.17) is 8.83 Å². The Morgan fingerprint density at radius 3 is 2.75 bits per heavy atom. The van der Waals surface area contributed by atoms with Crippen molar-refractivity contribution in [1.82, 2.24) is 0 Å². The molecule has 0 atom stereocenters. The largest absolute Gasteiger partial charge is 0.519 e. The molecule has 1 aromatic heterocycles. The van der Waals surface area contributed by atoms with Crippen molar-refractivity contribution in [3.05, 3.63) is 41.0 Å². The fourth-order valence-corrected chi connectivity index (χ4v) is 1.02. The van der Waals surface area contributed by atoms with Crippen molar-refractivity contribution in [1.29, 1.82) is 0 Å². The van der Waals surface area contributed by atoms with Gasteiger partial charge in [0.15, 0.2) is 11.2 Å². The number of benzene rings is 1. The predicted molar refractivity (Wildman–Crippen MR) is 44.8 cm³/mol. The number of fused-ring (bicyclic) bond motifs is 1. The highest BCUT2D eigenvalue weighted by molar-refractivity contribution is 5.73. The summed E-state index contributed by atoms with van der Waals surface area (Å²) < 4.78 is 9.45. The van der Waals surface area contributed by atoms with Crippen LogP contribution in [-0.2, 0) is 0 Å². The van der Waals surface area contributed by atoms with Gasteiger partial charge in [0.05, 0.1) is 0 Å². The molecule has 3 nitrogen and oxygen atoms in total. The number of rotatable bonds is 1. The Balaban J connectivity index is 2.82. The van der Waals surface area contributed by atoms with E-state index in [9.17, 15) is 4.79 Å². The van der Waals surface area contributed by atoms with Crippen LogP contribution < -0.4 is 5.82 Å². The zero-order valence-electron chi connectivity index (χ0n) is 6.24. The Kier molecular flexibility index (Phi) is 1.37. The molecule has 0 aliphatic carbocycles. The zero-order chi connectivity index (χ0) is 8.55. The van der Waals surface area contributed by atoms with E-state index in [0.717, 1.165) is 5.56 Å². The minimum absolute atomic E-state index is 0.456. The molecular formula is C9H6O3. The minimum Gasteiger partial charge on any atom is -0.391 e. The summed E-state index contributed by atoms with van der Waals surface area (Å²) in [6.45, 7) is 3.59. The van der Waals surface area contributed by atoms with Crippen molar-refractivity contribution in [3.8, 4) is 0 Å². The molecule has 3 heteroatoms. The molecule has 0 fully saturated rings. The lowest BCUT2D eigenvalue weighted by Crippen LogP contribution is -1.84. The summed E-state index contributed by atoms with van der Waals surface area (Å²) in [5.74, 6) is -0.675. The van der Waals surface area contributed by atoms with Crippen molar-refractivity contribution < 1.29 is 8.83 Å². The highest BCUT2D eigenvalue weighted by Crippen LogP contribution is 2.14. The number of hydrogen-bond acceptors (Lipinski definition) is 3. The van der Waals surface area contributed by atoms with Crippen LogP contribution in [0, 0.1) is 0 Å². The Hall–Kier alpha value is -1.77. The van der Waals surface area contributed by atoms with Gasteiger partial charge in [0.2, 0.25) is 0 Å². The smallest absolute Gasteiger partial charge is 0.391 e. The van der Waals surface area contributed by atoms with E-state index in [2.05, 4.69) is 6.58 Å². The van der Waals surface area contributed by atoms with E-state index < -0.39 is 5.82 Å². The van der Waals surface area contributed by atoms with Crippen LogP contribution in [0.25, 0.3) is 17.2 Å². The lowest BCUT2D eigenvalue weighted by atomic mass is 10.2. The van der Waals surface area contributed by atoms with Gasteiger partial charge in [-0.1, -0.05) is 18.7 Å². The van der Waals surface area contributed by atoms with Crippen LogP contribution in [0.4, 0.5) is 0 Å². The normalized spacial score (nSPS) is 10.3. The van der Waals surface area contributed by atoms with Gasteiger partial charge in [-0.25, -0.2) is 4.79 Å². The van der Waals surface area contributed by atoms with Crippen LogP contribution in [0.3, 0.4) is 0 Å².